The second-order valence-corrected chi connectivity index (χ2v) is 5.82. The molecule has 120 valence electrons. The smallest absolute Gasteiger partial charge is 0.317 e. The zero-order chi connectivity index (χ0) is 16.0. The molecule has 0 aromatic heterocycles. The van der Waals surface area contributed by atoms with E-state index in [0.29, 0.717) is 25.9 Å². The van der Waals surface area contributed by atoms with E-state index in [1.807, 2.05) is 13.8 Å². The van der Waals surface area contributed by atoms with Crippen molar-refractivity contribution in [3.8, 4) is 0 Å². The average molecular weight is 299 g/mol. The molecule has 1 heterocycles. The molecule has 1 saturated heterocycles. The maximum Gasteiger partial charge on any atom is 0.317 e. The number of rotatable bonds is 6. The summed E-state index contributed by atoms with van der Waals surface area (Å²) in [5.41, 5.74) is -0.568. The van der Waals surface area contributed by atoms with Crippen LogP contribution in [0.3, 0.4) is 0 Å². The summed E-state index contributed by atoms with van der Waals surface area (Å²) < 4.78 is 0. The Morgan fingerprint density at radius 3 is 2.57 bits per heavy atom. The van der Waals surface area contributed by atoms with E-state index in [2.05, 4.69) is 10.6 Å². The molecule has 0 bridgehead atoms. The first-order valence-corrected chi connectivity index (χ1v) is 7.31. The predicted octanol–water partition coefficient (Wildman–Crippen LogP) is 0.655. The van der Waals surface area contributed by atoms with Gasteiger partial charge < -0.3 is 20.6 Å². The van der Waals surface area contributed by atoms with Crippen molar-refractivity contribution in [3.63, 3.8) is 0 Å². The number of carbonyl (C=O) groups excluding carboxylic acids is 2. The Kier molecular flexibility index (Phi) is 5.99. The summed E-state index contributed by atoms with van der Waals surface area (Å²) in [4.78, 5) is 36.5. The molecule has 0 aromatic carbocycles. The fraction of sp³-hybridized carbons (Fsp3) is 0.786. The molecule has 3 amide bonds. The number of hydrogen-bond donors (Lipinski definition) is 3. The number of nitrogens with one attached hydrogen (secondary N) is 2. The van der Waals surface area contributed by atoms with Crippen molar-refractivity contribution < 1.29 is 19.5 Å². The summed E-state index contributed by atoms with van der Waals surface area (Å²) in [6.45, 7) is 4.71. The highest BCUT2D eigenvalue weighted by atomic mass is 16.4. The summed E-state index contributed by atoms with van der Waals surface area (Å²) in [5, 5.41) is 14.3. The van der Waals surface area contributed by atoms with Gasteiger partial charge in [0.2, 0.25) is 5.91 Å². The Labute approximate surface area is 125 Å². The molecule has 0 aliphatic carbocycles. The van der Waals surface area contributed by atoms with Gasteiger partial charge in [-0.15, -0.1) is 0 Å². The SMILES string of the molecule is CCCC(CNC(=O)N1CCC(C)(C(=O)NC)C1)C(=O)O. The number of urea groups is 1. The fourth-order valence-electron chi connectivity index (χ4n) is 2.61. The monoisotopic (exact) mass is 299 g/mol. The van der Waals surface area contributed by atoms with Crippen LogP contribution in [0.5, 0.6) is 0 Å². The predicted molar refractivity (Wildman–Crippen MR) is 77.8 cm³/mol. The van der Waals surface area contributed by atoms with Crippen LogP contribution in [0.4, 0.5) is 4.79 Å². The number of hydrogen-bond acceptors (Lipinski definition) is 3. The third-order valence-electron chi connectivity index (χ3n) is 4.02. The second-order valence-electron chi connectivity index (χ2n) is 5.82. The molecule has 1 aliphatic rings. The van der Waals surface area contributed by atoms with Gasteiger partial charge in [-0.05, 0) is 19.8 Å². The van der Waals surface area contributed by atoms with Crippen LogP contribution in [0.2, 0.25) is 0 Å². The second kappa shape index (κ2) is 7.28. The van der Waals surface area contributed by atoms with Gasteiger partial charge in [0.1, 0.15) is 0 Å². The zero-order valence-corrected chi connectivity index (χ0v) is 12.9. The standard InChI is InChI=1S/C14H25N3O4/c1-4-5-10(11(18)19)8-16-13(21)17-7-6-14(2,9-17)12(20)15-3/h10H,4-9H2,1-3H3,(H,15,20)(H,16,21)(H,18,19). The lowest BCUT2D eigenvalue weighted by Crippen LogP contribution is -2.44. The van der Waals surface area contributed by atoms with Crippen molar-refractivity contribution in [2.45, 2.75) is 33.1 Å². The van der Waals surface area contributed by atoms with Gasteiger partial charge in [-0.2, -0.15) is 0 Å². The van der Waals surface area contributed by atoms with Crippen molar-refractivity contribution in [2.24, 2.45) is 11.3 Å². The molecule has 0 saturated carbocycles. The lowest BCUT2D eigenvalue weighted by molar-refractivity contribution is -0.141. The van der Waals surface area contributed by atoms with Gasteiger partial charge in [0.15, 0.2) is 0 Å². The minimum atomic E-state index is -0.895. The molecule has 0 aromatic rings. The van der Waals surface area contributed by atoms with Crippen LogP contribution >= 0.6 is 0 Å². The first-order valence-electron chi connectivity index (χ1n) is 7.31. The molecular weight excluding hydrogens is 274 g/mol. The van der Waals surface area contributed by atoms with E-state index < -0.39 is 17.3 Å². The molecule has 0 radical (unpaired) electrons. The number of amides is 3. The number of carbonyl (C=O) groups is 3. The highest BCUT2D eigenvalue weighted by Gasteiger charge is 2.41. The zero-order valence-electron chi connectivity index (χ0n) is 12.9. The van der Waals surface area contributed by atoms with Crippen molar-refractivity contribution in [1.29, 1.82) is 0 Å². The first-order chi connectivity index (χ1) is 9.84. The molecule has 1 rings (SSSR count). The molecule has 3 N–H and O–H groups in total. The molecule has 1 aliphatic heterocycles. The number of carboxylic acid groups (broad SMARTS) is 1. The van der Waals surface area contributed by atoms with Crippen molar-refractivity contribution in [3.05, 3.63) is 0 Å². The van der Waals surface area contributed by atoms with Crippen LogP contribution in [-0.2, 0) is 9.59 Å². The van der Waals surface area contributed by atoms with Gasteiger partial charge in [0.05, 0.1) is 11.3 Å². The van der Waals surface area contributed by atoms with E-state index in [4.69, 9.17) is 5.11 Å². The number of aliphatic carboxylic acids is 1. The Balaban J connectivity index is 2.50. The lowest BCUT2D eigenvalue weighted by Gasteiger charge is -2.23. The fourth-order valence-corrected chi connectivity index (χ4v) is 2.61. The quantitative estimate of drug-likeness (QED) is 0.671. The van der Waals surface area contributed by atoms with Gasteiger partial charge in [-0.1, -0.05) is 13.3 Å². The largest absolute Gasteiger partial charge is 0.481 e. The Morgan fingerprint density at radius 1 is 1.38 bits per heavy atom. The van der Waals surface area contributed by atoms with Gasteiger partial charge >= 0.3 is 12.0 Å². The maximum absolute atomic E-state index is 12.1. The molecule has 2 atom stereocenters. The van der Waals surface area contributed by atoms with Crippen LogP contribution in [-0.4, -0.2) is 54.6 Å². The highest BCUT2D eigenvalue weighted by molar-refractivity contribution is 5.84. The van der Waals surface area contributed by atoms with E-state index in [-0.39, 0.29) is 18.5 Å². The summed E-state index contributed by atoms with van der Waals surface area (Å²) in [6, 6.07) is -0.301. The van der Waals surface area contributed by atoms with Crippen LogP contribution in [0.1, 0.15) is 33.1 Å². The third kappa shape index (κ3) is 4.34. The topological polar surface area (TPSA) is 98.7 Å². The van der Waals surface area contributed by atoms with Gasteiger partial charge in [0, 0.05) is 26.7 Å². The van der Waals surface area contributed by atoms with Crippen molar-refractivity contribution in [2.75, 3.05) is 26.7 Å². The van der Waals surface area contributed by atoms with Crippen LogP contribution in [0.15, 0.2) is 0 Å². The van der Waals surface area contributed by atoms with E-state index in [0.717, 1.165) is 6.42 Å². The molecule has 1 fully saturated rings. The minimum absolute atomic E-state index is 0.0767. The summed E-state index contributed by atoms with van der Waals surface area (Å²) >= 11 is 0. The average Bonchev–Trinajstić information content (AvgIpc) is 2.85. The molecule has 7 heteroatoms. The summed E-state index contributed by atoms with van der Waals surface area (Å²) in [6.07, 6.45) is 1.90. The van der Waals surface area contributed by atoms with Gasteiger partial charge in [-0.3, -0.25) is 9.59 Å². The van der Waals surface area contributed by atoms with Gasteiger partial charge in [-0.25, -0.2) is 4.79 Å². The molecule has 2 unspecified atom stereocenters. The molecule has 7 nitrogen and oxygen atoms in total. The van der Waals surface area contributed by atoms with E-state index in [9.17, 15) is 14.4 Å². The van der Waals surface area contributed by atoms with Gasteiger partial charge in [0.25, 0.3) is 0 Å². The van der Waals surface area contributed by atoms with E-state index in [1.54, 1.807) is 11.9 Å². The first kappa shape index (κ1) is 17.3. The summed E-state index contributed by atoms with van der Waals surface area (Å²) in [7, 11) is 1.58. The van der Waals surface area contributed by atoms with Crippen molar-refractivity contribution in [1.82, 2.24) is 15.5 Å². The minimum Gasteiger partial charge on any atom is -0.481 e. The maximum atomic E-state index is 12.1. The summed E-state index contributed by atoms with van der Waals surface area (Å²) in [5.74, 6) is -1.53. The number of nitrogens with zero attached hydrogens (tertiary/aromatic N) is 1. The Bertz CT molecular complexity index is 413. The van der Waals surface area contributed by atoms with E-state index in [1.165, 1.54) is 0 Å². The highest BCUT2D eigenvalue weighted by Crippen LogP contribution is 2.29. The van der Waals surface area contributed by atoms with Crippen molar-refractivity contribution >= 4 is 17.9 Å². The van der Waals surface area contributed by atoms with Crippen LogP contribution < -0.4 is 10.6 Å². The van der Waals surface area contributed by atoms with E-state index >= 15 is 0 Å². The number of carboxylic acids is 1. The molecular formula is C14H25N3O4. The Morgan fingerprint density at radius 2 is 2.05 bits per heavy atom. The Hall–Kier alpha value is -1.79. The lowest BCUT2D eigenvalue weighted by atomic mass is 9.89. The molecule has 21 heavy (non-hydrogen) atoms. The normalized spacial score (nSPS) is 22.7. The number of likely N-dealkylation sites (tertiary alicyclic amines) is 1. The molecule has 0 spiro atoms. The third-order valence-corrected chi connectivity index (χ3v) is 4.02. The van der Waals surface area contributed by atoms with Crippen LogP contribution in [0, 0.1) is 11.3 Å². The van der Waals surface area contributed by atoms with Crippen LogP contribution in [0.25, 0.3) is 0 Å².